The van der Waals surface area contributed by atoms with Gasteiger partial charge in [-0.2, -0.15) is 5.10 Å². The number of hydrogen-bond donors (Lipinski definition) is 1. The highest BCUT2D eigenvalue weighted by Gasteiger charge is 2.21. The Hall–Kier alpha value is -2.37. The summed E-state index contributed by atoms with van der Waals surface area (Å²) in [5.41, 5.74) is 2.70. The third kappa shape index (κ3) is 4.49. The number of halogens is 1. The number of hydrogen-bond acceptors (Lipinski definition) is 3. The molecule has 0 fully saturated rings. The van der Waals surface area contributed by atoms with Crippen LogP contribution in [0.15, 0.2) is 48.5 Å². The average molecular weight is 386 g/mol. The van der Waals surface area contributed by atoms with Crippen molar-refractivity contribution in [3.63, 3.8) is 0 Å². The van der Waals surface area contributed by atoms with E-state index < -0.39 is 6.04 Å². The van der Waals surface area contributed by atoms with Crippen LogP contribution in [0.2, 0.25) is 5.02 Å². The Kier molecular flexibility index (Phi) is 6.48. The van der Waals surface area contributed by atoms with E-state index in [9.17, 15) is 4.79 Å². The number of nitrogens with zero attached hydrogens (tertiary/aromatic N) is 2. The summed E-state index contributed by atoms with van der Waals surface area (Å²) >= 11 is 6.21. The van der Waals surface area contributed by atoms with E-state index in [1.54, 1.807) is 4.68 Å². The maximum atomic E-state index is 12.6. The van der Waals surface area contributed by atoms with Crippen LogP contribution in [0.1, 0.15) is 26.3 Å². The minimum absolute atomic E-state index is 0.0644. The maximum Gasteiger partial charge on any atom is 0.244 e. The summed E-state index contributed by atoms with van der Waals surface area (Å²) < 4.78 is 7.07. The van der Waals surface area contributed by atoms with Crippen molar-refractivity contribution in [2.75, 3.05) is 19.8 Å². The van der Waals surface area contributed by atoms with Crippen LogP contribution in [-0.2, 0) is 9.53 Å². The van der Waals surface area contributed by atoms with Crippen molar-refractivity contribution in [2.24, 2.45) is 0 Å². The molecule has 0 spiro atoms. The molecule has 0 saturated carbocycles. The van der Waals surface area contributed by atoms with E-state index in [4.69, 9.17) is 21.4 Å². The summed E-state index contributed by atoms with van der Waals surface area (Å²) in [6, 6.07) is 15.1. The Morgan fingerprint density at radius 1 is 1.26 bits per heavy atom. The van der Waals surface area contributed by atoms with Gasteiger partial charge in [0.15, 0.2) is 0 Å². The van der Waals surface area contributed by atoms with Crippen molar-refractivity contribution in [1.29, 1.82) is 0 Å². The first kappa shape index (κ1) is 19.4. The Morgan fingerprint density at radius 3 is 2.78 bits per heavy atom. The van der Waals surface area contributed by atoms with E-state index in [1.807, 2.05) is 62.4 Å². The molecule has 2 aromatic carbocycles. The molecule has 0 aliphatic heterocycles. The Labute approximate surface area is 164 Å². The highest BCUT2D eigenvalue weighted by Crippen LogP contribution is 2.31. The van der Waals surface area contributed by atoms with E-state index in [2.05, 4.69) is 5.32 Å². The second-order valence-electron chi connectivity index (χ2n) is 6.34. The smallest absolute Gasteiger partial charge is 0.244 e. The molecule has 0 saturated heterocycles. The molecule has 1 amide bonds. The molecular weight excluding hydrogens is 362 g/mol. The minimum atomic E-state index is -0.432. The molecule has 5 nitrogen and oxygen atoms in total. The van der Waals surface area contributed by atoms with Gasteiger partial charge in [0, 0.05) is 35.7 Å². The molecule has 0 aliphatic carbocycles. The van der Waals surface area contributed by atoms with Crippen molar-refractivity contribution < 1.29 is 9.53 Å². The quantitative estimate of drug-likeness (QED) is 0.582. The summed E-state index contributed by atoms with van der Waals surface area (Å²) in [5.74, 6) is -0.0644. The van der Waals surface area contributed by atoms with Crippen LogP contribution in [0, 0.1) is 0 Å². The second-order valence-corrected chi connectivity index (χ2v) is 6.77. The average Bonchev–Trinajstić information content (AvgIpc) is 3.06. The molecule has 0 aliphatic rings. The fourth-order valence-corrected chi connectivity index (χ4v) is 3.18. The lowest BCUT2D eigenvalue weighted by Gasteiger charge is -2.14. The molecular formula is C21H24ClN3O2. The number of ether oxygens (including phenoxy) is 1. The lowest BCUT2D eigenvalue weighted by molar-refractivity contribution is -0.124. The molecule has 6 heteroatoms. The zero-order valence-corrected chi connectivity index (χ0v) is 16.4. The van der Waals surface area contributed by atoms with Crippen LogP contribution < -0.4 is 5.32 Å². The van der Waals surface area contributed by atoms with Gasteiger partial charge in [0.2, 0.25) is 5.91 Å². The van der Waals surface area contributed by atoms with Crippen molar-refractivity contribution in [2.45, 2.75) is 26.3 Å². The zero-order valence-electron chi connectivity index (χ0n) is 15.6. The molecule has 1 N–H and O–H groups in total. The molecule has 1 atom stereocenters. The summed E-state index contributed by atoms with van der Waals surface area (Å²) in [5, 5.41) is 9.29. The lowest BCUT2D eigenvalue weighted by atomic mass is 10.1. The van der Waals surface area contributed by atoms with Crippen LogP contribution in [-0.4, -0.2) is 35.4 Å². The molecule has 27 heavy (non-hydrogen) atoms. The fourth-order valence-electron chi connectivity index (χ4n) is 3.01. The van der Waals surface area contributed by atoms with Crippen molar-refractivity contribution in [1.82, 2.24) is 15.1 Å². The van der Waals surface area contributed by atoms with E-state index in [1.165, 1.54) is 0 Å². The highest BCUT2D eigenvalue weighted by molar-refractivity contribution is 6.31. The molecule has 1 aromatic heterocycles. The number of carbonyl (C=O) groups is 1. The van der Waals surface area contributed by atoms with Gasteiger partial charge in [0.1, 0.15) is 11.7 Å². The standard InChI is InChI=1S/C21H24ClN3O2/c1-3-27-13-7-12-23-21(26)15(2)25-19-11-10-17(22)14-18(19)20(24-25)16-8-5-4-6-9-16/h4-6,8-11,14-15H,3,7,12-13H2,1-2H3,(H,23,26). The molecule has 0 radical (unpaired) electrons. The van der Waals surface area contributed by atoms with Crippen LogP contribution >= 0.6 is 11.6 Å². The van der Waals surface area contributed by atoms with E-state index in [0.717, 1.165) is 28.6 Å². The summed E-state index contributed by atoms with van der Waals surface area (Å²) in [4.78, 5) is 12.6. The van der Waals surface area contributed by atoms with E-state index >= 15 is 0 Å². The summed E-state index contributed by atoms with van der Waals surface area (Å²) in [6.07, 6.45) is 0.789. The Bertz CT molecular complexity index is 908. The third-order valence-electron chi connectivity index (χ3n) is 4.43. The number of rotatable bonds is 8. The van der Waals surface area contributed by atoms with Gasteiger partial charge in [0.25, 0.3) is 0 Å². The van der Waals surface area contributed by atoms with Crippen LogP contribution in [0.5, 0.6) is 0 Å². The predicted molar refractivity (Wildman–Crippen MR) is 109 cm³/mol. The van der Waals surface area contributed by atoms with Gasteiger partial charge in [-0.3, -0.25) is 9.48 Å². The van der Waals surface area contributed by atoms with Gasteiger partial charge in [-0.05, 0) is 38.5 Å². The van der Waals surface area contributed by atoms with Gasteiger partial charge in [0.05, 0.1) is 5.52 Å². The predicted octanol–water partition coefficient (Wildman–Crippen LogP) is 4.46. The lowest BCUT2D eigenvalue weighted by Crippen LogP contribution is -2.32. The number of fused-ring (bicyclic) bond motifs is 1. The van der Waals surface area contributed by atoms with Crippen molar-refractivity contribution in [3.05, 3.63) is 53.6 Å². The molecule has 0 bridgehead atoms. The molecule has 3 aromatic rings. The van der Waals surface area contributed by atoms with Gasteiger partial charge in [-0.1, -0.05) is 41.9 Å². The van der Waals surface area contributed by atoms with Gasteiger partial charge >= 0.3 is 0 Å². The van der Waals surface area contributed by atoms with Crippen LogP contribution in [0.25, 0.3) is 22.2 Å². The Morgan fingerprint density at radius 2 is 2.04 bits per heavy atom. The number of amides is 1. The van der Waals surface area contributed by atoms with Crippen LogP contribution in [0.4, 0.5) is 0 Å². The highest BCUT2D eigenvalue weighted by atomic mass is 35.5. The van der Waals surface area contributed by atoms with Crippen molar-refractivity contribution >= 4 is 28.4 Å². The van der Waals surface area contributed by atoms with Crippen LogP contribution in [0.3, 0.4) is 0 Å². The topological polar surface area (TPSA) is 56.1 Å². The monoisotopic (exact) mass is 385 g/mol. The second kappa shape index (κ2) is 9.02. The zero-order chi connectivity index (χ0) is 19.2. The third-order valence-corrected chi connectivity index (χ3v) is 4.67. The number of aromatic nitrogens is 2. The van der Waals surface area contributed by atoms with Crippen molar-refractivity contribution in [3.8, 4) is 11.3 Å². The SMILES string of the molecule is CCOCCCNC(=O)C(C)n1nc(-c2ccccc2)c2cc(Cl)ccc21. The van der Waals surface area contributed by atoms with Gasteiger partial charge < -0.3 is 10.1 Å². The first-order valence-corrected chi connectivity index (χ1v) is 9.58. The normalized spacial score (nSPS) is 12.3. The van der Waals surface area contributed by atoms with E-state index in [0.29, 0.717) is 24.8 Å². The number of nitrogens with one attached hydrogen (secondary N) is 1. The first-order valence-electron chi connectivity index (χ1n) is 9.20. The first-order chi connectivity index (χ1) is 13.1. The largest absolute Gasteiger partial charge is 0.382 e. The Balaban J connectivity index is 1.87. The molecule has 142 valence electrons. The maximum absolute atomic E-state index is 12.6. The summed E-state index contributed by atoms with van der Waals surface area (Å²) in [6.45, 7) is 5.73. The fraction of sp³-hybridized carbons (Fsp3) is 0.333. The van der Waals surface area contributed by atoms with E-state index in [-0.39, 0.29) is 5.91 Å². The van der Waals surface area contributed by atoms with Gasteiger partial charge in [-0.15, -0.1) is 0 Å². The number of benzene rings is 2. The molecule has 1 heterocycles. The molecule has 3 rings (SSSR count). The number of carbonyl (C=O) groups excluding carboxylic acids is 1. The van der Waals surface area contributed by atoms with Gasteiger partial charge in [-0.25, -0.2) is 0 Å². The molecule has 1 unspecified atom stereocenters. The minimum Gasteiger partial charge on any atom is -0.382 e. The summed E-state index contributed by atoms with van der Waals surface area (Å²) in [7, 11) is 0.